The average Bonchev–Trinajstić information content (AvgIpc) is 2.45. The molecular formula is C16H16F3NO. The van der Waals surface area contributed by atoms with Crippen molar-refractivity contribution in [1.29, 1.82) is 0 Å². The van der Waals surface area contributed by atoms with Crippen molar-refractivity contribution >= 4 is 0 Å². The number of nitrogens with zero attached hydrogens (tertiary/aromatic N) is 1. The van der Waals surface area contributed by atoms with E-state index >= 15 is 0 Å². The Balaban J connectivity index is 2.07. The Labute approximate surface area is 121 Å². The molecule has 0 spiro atoms. The van der Waals surface area contributed by atoms with Crippen molar-refractivity contribution in [2.45, 2.75) is 32.0 Å². The van der Waals surface area contributed by atoms with Gasteiger partial charge in [0.05, 0.1) is 11.7 Å². The number of hydrogen-bond donors (Lipinski definition) is 1. The van der Waals surface area contributed by atoms with Crippen molar-refractivity contribution in [2.24, 2.45) is 0 Å². The quantitative estimate of drug-likeness (QED) is 0.922. The standard InChI is InChI=1S/C16H16F3NO/c1-11-10-12(16(17,18)19)5-7-14(11)15(21)8-6-13-4-2-3-9-20-13/h2-5,7,9-10,15,21H,6,8H2,1H3. The molecule has 1 aromatic heterocycles. The van der Waals surface area contributed by atoms with Gasteiger partial charge in [0, 0.05) is 11.9 Å². The van der Waals surface area contributed by atoms with E-state index in [9.17, 15) is 18.3 Å². The molecule has 2 aromatic rings. The predicted octanol–water partition coefficient (Wildman–Crippen LogP) is 4.08. The van der Waals surface area contributed by atoms with Gasteiger partial charge < -0.3 is 5.11 Å². The predicted molar refractivity (Wildman–Crippen MR) is 73.7 cm³/mol. The highest BCUT2D eigenvalue weighted by atomic mass is 19.4. The minimum Gasteiger partial charge on any atom is -0.388 e. The maximum absolute atomic E-state index is 12.6. The van der Waals surface area contributed by atoms with Gasteiger partial charge in [-0.15, -0.1) is 0 Å². The van der Waals surface area contributed by atoms with Crippen LogP contribution in [0, 0.1) is 6.92 Å². The first kappa shape index (κ1) is 15.5. The first-order valence-corrected chi connectivity index (χ1v) is 6.63. The van der Waals surface area contributed by atoms with E-state index in [-0.39, 0.29) is 0 Å². The van der Waals surface area contributed by atoms with E-state index in [0.29, 0.717) is 24.0 Å². The SMILES string of the molecule is Cc1cc(C(F)(F)F)ccc1C(O)CCc1ccccn1. The van der Waals surface area contributed by atoms with Gasteiger partial charge in [0.2, 0.25) is 0 Å². The second-order valence-electron chi connectivity index (χ2n) is 4.94. The Kier molecular flexibility index (Phi) is 4.63. The normalized spacial score (nSPS) is 13.2. The fraction of sp³-hybridized carbons (Fsp3) is 0.312. The summed E-state index contributed by atoms with van der Waals surface area (Å²) in [5.74, 6) is 0. The lowest BCUT2D eigenvalue weighted by Gasteiger charge is -2.15. The molecule has 0 amide bonds. The van der Waals surface area contributed by atoms with Gasteiger partial charge in [0.15, 0.2) is 0 Å². The topological polar surface area (TPSA) is 33.1 Å². The fourth-order valence-electron chi connectivity index (χ4n) is 2.21. The Morgan fingerprint density at radius 1 is 1.19 bits per heavy atom. The molecule has 0 saturated heterocycles. The van der Waals surface area contributed by atoms with Gasteiger partial charge in [-0.25, -0.2) is 0 Å². The number of pyridine rings is 1. The molecule has 1 N–H and O–H groups in total. The van der Waals surface area contributed by atoms with Crippen LogP contribution < -0.4 is 0 Å². The molecular weight excluding hydrogens is 279 g/mol. The van der Waals surface area contributed by atoms with Crippen molar-refractivity contribution in [3.8, 4) is 0 Å². The first-order valence-electron chi connectivity index (χ1n) is 6.63. The van der Waals surface area contributed by atoms with Crippen LogP contribution in [0.3, 0.4) is 0 Å². The number of aromatic nitrogens is 1. The van der Waals surface area contributed by atoms with Gasteiger partial charge in [0.1, 0.15) is 0 Å². The summed E-state index contributed by atoms with van der Waals surface area (Å²) in [6.07, 6.45) is -2.49. The van der Waals surface area contributed by atoms with Crippen LogP contribution in [-0.2, 0) is 12.6 Å². The maximum Gasteiger partial charge on any atom is 0.416 e. The van der Waals surface area contributed by atoms with Crippen molar-refractivity contribution < 1.29 is 18.3 Å². The van der Waals surface area contributed by atoms with E-state index in [2.05, 4.69) is 4.98 Å². The summed E-state index contributed by atoms with van der Waals surface area (Å²) >= 11 is 0. The number of aliphatic hydroxyl groups is 1. The van der Waals surface area contributed by atoms with E-state index in [1.807, 2.05) is 12.1 Å². The number of benzene rings is 1. The Bertz CT molecular complexity index is 596. The lowest BCUT2D eigenvalue weighted by atomic mass is 9.97. The minimum atomic E-state index is -4.36. The van der Waals surface area contributed by atoms with Crippen molar-refractivity contribution in [3.63, 3.8) is 0 Å². The third-order valence-corrected chi connectivity index (χ3v) is 3.36. The summed E-state index contributed by atoms with van der Waals surface area (Å²) in [7, 11) is 0. The summed E-state index contributed by atoms with van der Waals surface area (Å²) in [5.41, 5.74) is 1.12. The van der Waals surface area contributed by atoms with Crippen LogP contribution in [0.15, 0.2) is 42.6 Å². The van der Waals surface area contributed by atoms with Crippen LogP contribution in [0.5, 0.6) is 0 Å². The highest BCUT2D eigenvalue weighted by Crippen LogP contribution is 2.32. The number of hydrogen-bond acceptors (Lipinski definition) is 2. The molecule has 112 valence electrons. The van der Waals surface area contributed by atoms with E-state index in [1.165, 1.54) is 6.07 Å². The number of halogens is 3. The second kappa shape index (κ2) is 6.26. The van der Waals surface area contributed by atoms with E-state index in [0.717, 1.165) is 17.8 Å². The molecule has 0 radical (unpaired) electrons. The third kappa shape index (κ3) is 4.04. The first-order chi connectivity index (χ1) is 9.88. The molecule has 1 aromatic carbocycles. The van der Waals surface area contributed by atoms with Crippen LogP contribution >= 0.6 is 0 Å². The monoisotopic (exact) mass is 295 g/mol. The molecule has 0 aliphatic carbocycles. The molecule has 21 heavy (non-hydrogen) atoms. The molecule has 0 aliphatic rings. The second-order valence-corrected chi connectivity index (χ2v) is 4.94. The van der Waals surface area contributed by atoms with Crippen LogP contribution in [-0.4, -0.2) is 10.1 Å². The zero-order valence-corrected chi connectivity index (χ0v) is 11.6. The molecule has 1 unspecified atom stereocenters. The van der Waals surface area contributed by atoms with Crippen LogP contribution in [0.4, 0.5) is 13.2 Å². The molecule has 1 atom stereocenters. The molecule has 1 heterocycles. The van der Waals surface area contributed by atoms with Crippen molar-refractivity contribution in [2.75, 3.05) is 0 Å². The molecule has 0 aliphatic heterocycles. The van der Waals surface area contributed by atoms with E-state index in [1.54, 1.807) is 19.2 Å². The zero-order chi connectivity index (χ0) is 15.5. The lowest BCUT2D eigenvalue weighted by molar-refractivity contribution is -0.137. The van der Waals surface area contributed by atoms with Crippen molar-refractivity contribution in [3.05, 3.63) is 65.0 Å². The molecule has 2 rings (SSSR count). The Morgan fingerprint density at radius 2 is 1.95 bits per heavy atom. The van der Waals surface area contributed by atoms with E-state index in [4.69, 9.17) is 0 Å². The highest BCUT2D eigenvalue weighted by molar-refractivity contribution is 5.34. The highest BCUT2D eigenvalue weighted by Gasteiger charge is 2.30. The molecule has 5 heteroatoms. The largest absolute Gasteiger partial charge is 0.416 e. The number of alkyl halides is 3. The van der Waals surface area contributed by atoms with Gasteiger partial charge in [-0.3, -0.25) is 4.98 Å². The number of rotatable bonds is 4. The summed E-state index contributed by atoms with van der Waals surface area (Å²) in [6, 6.07) is 8.94. The summed E-state index contributed by atoms with van der Waals surface area (Å²) in [4.78, 5) is 4.15. The number of aryl methyl sites for hydroxylation is 2. The minimum absolute atomic E-state index is 0.420. The molecule has 0 fully saturated rings. The van der Waals surface area contributed by atoms with Gasteiger partial charge in [-0.1, -0.05) is 12.1 Å². The lowest BCUT2D eigenvalue weighted by Crippen LogP contribution is -2.08. The van der Waals surface area contributed by atoms with Crippen LogP contribution in [0.1, 0.15) is 34.9 Å². The van der Waals surface area contributed by atoms with Gasteiger partial charge >= 0.3 is 6.18 Å². The zero-order valence-electron chi connectivity index (χ0n) is 11.6. The van der Waals surface area contributed by atoms with Crippen molar-refractivity contribution in [1.82, 2.24) is 4.98 Å². The summed E-state index contributed by atoms with van der Waals surface area (Å²) in [5, 5.41) is 10.1. The smallest absolute Gasteiger partial charge is 0.388 e. The molecule has 2 nitrogen and oxygen atoms in total. The molecule has 0 bridgehead atoms. The summed E-state index contributed by atoms with van der Waals surface area (Å²) in [6.45, 7) is 1.58. The Morgan fingerprint density at radius 3 is 2.52 bits per heavy atom. The maximum atomic E-state index is 12.6. The summed E-state index contributed by atoms with van der Waals surface area (Å²) < 4.78 is 37.8. The fourth-order valence-corrected chi connectivity index (χ4v) is 2.21. The van der Waals surface area contributed by atoms with Gasteiger partial charge in [-0.05, 0) is 55.2 Å². The van der Waals surface area contributed by atoms with Gasteiger partial charge in [0.25, 0.3) is 0 Å². The number of aliphatic hydroxyl groups excluding tert-OH is 1. The van der Waals surface area contributed by atoms with E-state index < -0.39 is 17.8 Å². The van der Waals surface area contributed by atoms with Crippen LogP contribution in [0.2, 0.25) is 0 Å². The van der Waals surface area contributed by atoms with Gasteiger partial charge in [-0.2, -0.15) is 13.2 Å². The van der Waals surface area contributed by atoms with Crippen LogP contribution in [0.25, 0.3) is 0 Å². The average molecular weight is 295 g/mol. The molecule has 0 saturated carbocycles. The third-order valence-electron chi connectivity index (χ3n) is 3.36. The Hall–Kier alpha value is -1.88.